The minimum atomic E-state index is -0.137. The quantitative estimate of drug-likeness (QED) is 0.868. The van der Waals surface area contributed by atoms with E-state index in [1.807, 2.05) is 25.1 Å². The maximum atomic E-state index is 12.7. The Morgan fingerprint density at radius 1 is 1.36 bits per heavy atom. The van der Waals surface area contributed by atoms with Crippen molar-refractivity contribution < 1.29 is 9.59 Å². The minimum absolute atomic E-state index is 0.0399. The fraction of sp³-hybridized carbons (Fsp3) is 0.444. The van der Waals surface area contributed by atoms with E-state index in [4.69, 9.17) is 0 Å². The Morgan fingerprint density at radius 2 is 2.24 bits per heavy atom. The molecule has 1 aliphatic rings. The molecule has 1 unspecified atom stereocenters. The molecule has 2 amide bonds. The van der Waals surface area contributed by atoms with Crippen LogP contribution in [0, 0.1) is 5.92 Å². The molecule has 2 aromatic heterocycles. The van der Waals surface area contributed by atoms with E-state index < -0.39 is 0 Å². The van der Waals surface area contributed by atoms with E-state index in [0.717, 1.165) is 19.3 Å². The summed E-state index contributed by atoms with van der Waals surface area (Å²) >= 11 is 0. The second-order valence-electron chi connectivity index (χ2n) is 6.26. The lowest BCUT2D eigenvalue weighted by Crippen LogP contribution is -2.45. The summed E-state index contributed by atoms with van der Waals surface area (Å²) in [5, 5.41) is 9.90. The molecule has 1 fully saturated rings. The van der Waals surface area contributed by atoms with Crippen LogP contribution in [0.25, 0.3) is 11.4 Å². The van der Waals surface area contributed by atoms with E-state index in [1.165, 1.54) is 0 Å². The van der Waals surface area contributed by atoms with Crippen molar-refractivity contribution in [1.82, 2.24) is 25.4 Å². The van der Waals surface area contributed by atoms with Crippen LogP contribution in [0.15, 0.2) is 30.5 Å². The zero-order valence-corrected chi connectivity index (χ0v) is 14.4. The van der Waals surface area contributed by atoms with Gasteiger partial charge in [0.15, 0.2) is 0 Å². The molecule has 2 aromatic rings. The van der Waals surface area contributed by atoms with E-state index in [0.29, 0.717) is 36.7 Å². The molecule has 0 spiro atoms. The molecule has 0 aromatic carbocycles. The van der Waals surface area contributed by atoms with Crippen molar-refractivity contribution >= 4 is 11.8 Å². The number of amides is 2. The lowest BCUT2D eigenvalue weighted by molar-refractivity contribution is -0.126. The molecule has 7 heteroatoms. The van der Waals surface area contributed by atoms with E-state index in [9.17, 15) is 9.59 Å². The molecule has 132 valence electrons. The standard InChI is InChI=1S/C18H23N5O2/c1-2-8-20-17(24)13-6-5-10-23(12-13)18(25)16-11-15(21-22-16)14-7-3-4-9-19-14/h3-4,7,9,11,13H,2,5-6,8,10,12H2,1H3,(H,20,24)(H,21,22). The van der Waals surface area contributed by atoms with Crippen LogP contribution < -0.4 is 5.32 Å². The van der Waals surface area contributed by atoms with Crippen molar-refractivity contribution in [2.45, 2.75) is 26.2 Å². The fourth-order valence-electron chi connectivity index (χ4n) is 3.02. The molecule has 3 rings (SSSR count). The van der Waals surface area contributed by atoms with Crippen LogP contribution in [0.1, 0.15) is 36.7 Å². The highest BCUT2D eigenvalue weighted by Crippen LogP contribution is 2.20. The number of hydrogen-bond acceptors (Lipinski definition) is 4. The molecule has 0 bridgehead atoms. The third-order valence-electron chi connectivity index (χ3n) is 4.36. The van der Waals surface area contributed by atoms with Gasteiger partial charge in [-0.1, -0.05) is 13.0 Å². The highest BCUT2D eigenvalue weighted by molar-refractivity contribution is 5.93. The Morgan fingerprint density at radius 3 is 3.00 bits per heavy atom. The summed E-state index contributed by atoms with van der Waals surface area (Å²) in [5.41, 5.74) is 1.78. The first-order chi connectivity index (χ1) is 12.2. The van der Waals surface area contributed by atoms with E-state index in [1.54, 1.807) is 17.2 Å². The first-order valence-electron chi connectivity index (χ1n) is 8.73. The number of piperidine rings is 1. The Balaban J connectivity index is 1.66. The van der Waals surface area contributed by atoms with Crippen molar-refractivity contribution in [2.75, 3.05) is 19.6 Å². The summed E-state index contributed by atoms with van der Waals surface area (Å²) < 4.78 is 0. The first kappa shape index (κ1) is 17.1. The van der Waals surface area contributed by atoms with Crippen LogP contribution in [0.2, 0.25) is 0 Å². The monoisotopic (exact) mass is 341 g/mol. The van der Waals surface area contributed by atoms with Crippen LogP contribution in [0.4, 0.5) is 0 Å². The third-order valence-corrected chi connectivity index (χ3v) is 4.36. The molecule has 0 radical (unpaired) electrons. The Labute approximate surface area is 146 Å². The van der Waals surface area contributed by atoms with Gasteiger partial charge >= 0.3 is 0 Å². The second-order valence-corrected chi connectivity index (χ2v) is 6.26. The van der Waals surface area contributed by atoms with E-state index in [-0.39, 0.29) is 17.7 Å². The van der Waals surface area contributed by atoms with Crippen molar-refractivity contribution in [3.8, 4) is 11.4 Å². The average molecular weight is 341 g/mol. The number of aromatic nitrogens is 3. The summed E-state index contributed by atoms with van der Waals surface area (Å²) in [6.45, 7) is 3.81. The van der Waals surface area contributed by atoms with Crippen LogP contribution in [-0.2, 0) is 4.79 Å². The molecule has 1 saturated heterocycles. The normalized spacial score (nSPS) is 17.3. The zero-order valence-electron chi connectivity index (χ0n) is 14.4. The van der Waals surface area contributed by atoms with E-state index in [2.05, 4.69) is 20.5 Å². The number of pyridine rings is 1. The number of likely N-dealkylation sites (tertiary alicyclic amines) is 1. The Hall–Kier alpha value is -2.70. The van der Waals surface area contributed by atoms with Crippen molar-refractivity contribution in [3.63, 3.8) is 0 Å². The van der Waals surface area contributed by atoms with Crippen LogP contribution in [0.5, 0.6) is 0 Å². The molecule has 1 aliphatic heterocycles. The van der Waals surface area contributed by atoms with Gasteiger partial charge in [-0.3, -0.25) is 19.7 Å². The lowest BCUT2D eigenvalue weighted by Gasteiger charge is -2.31. The summed E-state index contributed by atoms with van der Waals surface area (Å²) in [6, 6.07) is 7.27. The molecule has 3 heterocycles. The van der Waals surface area contributed by atoms with Gasteiger partial charge in [0.1, 0.15) is 11.4 Å². The van der Waals surface area contributed by atoms with Crippen molar-refractivity contribution in [1.29, 1.82) is 0 Å². The number of rotatable bonds is 5. The van der Waals surface area contributed by atoms with Gasteiger partial charge < -0.3 is 10.2 Å². The fourth-order valence-corrected chi connectivity index (χ4v) is 3.02. The number of carbonyl (C=O) groups is 2. The van der Waals surface area contributed by atoms with Gasteiger partial charge in [0.2, 0.25) is 5.91 Å². The van der Waals surface area contributed by atoms with Gasteiger partial charge in [0, 0.05) is 25.8 Å². The molecule has 25 heavy (non-hydrogen) atoms. The minimum Gasteiger partial charge on any atom is -0.356 e. The second kappa shape index (κ2) is 7.92. The topological polar surface area (TPSA) is 91.0 Å². The van der Waals surface area contributed by atoms with Crippen LogP contribution >= 0.6 is 0 Å². The predicted molar refractivity (Wildman–Crippen MR) is 93.7 cm³/mol. The van der Waals surface area contributed by atoms with Gasteiger partial charge in [-0.2, -0.15) is 5.10 Å². The molecule has 0 saturated carbocycles. The Kier molecular flexibility index (Phi) is 5.42. The average Bonchev–Trinajstić information content (AvgIpc) is 3.16. The van der Waals surface area contributed by atoms with Gasteiger partial charge in [-0.05, 0) is 37.5 Å². The number of aromatic amines is 1. The lowest BCUT2D eigenvalue weighted by atomic mass is 9.97. The molecule has 7 nitrogen and oxygen atoms in total. The molecular weight excluding hydrogens is 318 g/mol. The van der Waals surface area contributed by atoms with Crippen molar-refractivity contribution in [2.24, 2.45) is 5.92 Å². The number of H-pyrrole nitrogens is 1. The SMILES string of the molecule is CCCNC(=O)C1CCCN(C(=O)c2cc(-c3ccccn3)n[nH]2)C1. The summed E-state index contributed by atoms with van der Waals surface area (Å²) in [4.78, 5) is 30.9. The summed E-state index contributed by atoms with van der Waals surface area (Å²) in [6.07, 6.45) is 4.25. The third kappa shape index (κ3) is 4.04. The first-order valence-corrected chi connectivity index (χ1v) is 8.73. The molecule has 1 atom stereocenters. The number of hydrogen-bond donors (Lipinski definition) is 2. The number of carbonyl (C=O) groups excluding carboxylic acids is 2. The smallest absolute Gasteiger partial charge is 0.271 e. The predicted octanol–water partition coefficient (Wildman–Crippen LogP) is 1.85. The van der Waals surface area contributed by atoms with Gasteiger partial charge in [-0.25, -0.2) is 0 Å². The van der Waals surface area contributed by atoms with Crippen LogP contribution in [0.3, 0.4) is 0 Å². The number of nitrogens with one attached hydrogen (secondary N) is 2. The van der Waals surface area contributed by atoms with Gasteiger partial charge in [-0.15, -0.1) is 0 Å². The highest BCUT2D eigenvalue weighted by atomic mass is 16.2. The van der Waals surface area contributed by atoms with Gasteiger partial charge in [0.25, 0.3) is 5.91 Å². The maximum Gasteiger partial charge on any atom is 0.271 e. The van der Waals surface area contributed by atoms with Crippen LogP contribution in [-0.4, -0.2) is 51.5 Å². The maximum absolute atomic E-state index is 12.7. The molecule has 0 aliphatic carbocycles. The molecule has 2 N–H and O–H groups in total. The summed E-state index contributed by atoms with van der Waals surface area (Å²) in [5.74, 6) is -0.219. The zero-order chi connectivity index (χ0) is 17.6. The summed E-state index contributed by atoms with van der Waals surface area (Å²) in [7, 11) is 0. The van der Waals surface area contributed by atoms with Gasteiger partial charge in [0.05, 0.1) is 11.6 Å². The number of nitrogens with zero attached hydrogens (tertiary/aromatic N) is 3. The largest absolute Gasteiger partial charge is 0.356 e. The Bertz CT molecular complexity index is 728. The van der Waals surface area contributed by atoms with Crippen molar-refractivity contribution in [3.05, 3.63) is 36.2 Å². The molecular formula is C18H23N5O2. The van der Waals surface area contributed by atoms with E-state index >= 15 is 0 Å². The highest BCUT2D eigenvalue weighted by Gasteiger charge is 2.29.